The highest BCUT2D eigenvalue weighted by Gasteiger charge is 2.20. The van der Waals surface area contributed by atoms with E-state index in [0.717, 1.165) is 12.8 Å². The van der Waals surface area contributed by atoms with Crippen molar-refractivity contribution >= 4 is 17.5 Å². The largest absolute Gasteiger partial charge is 0.481 e. The van der Waals surface area contributed by atoms with Gasteiger partial charge in [0.05, 0.1) is 6.04 Å². The lowest BCUT2D eigenvalue weighted by atomic mass is 9.89. The fourth-order valence-corrected chi connectivity index (χ4v) is 3.66. The summed E-state index contributed by atoms with van der Waals surface area (Å²) >= 11 is 5.97. The highest BCUT2D eigenvalue weighted by molar-refractivity contribution is 6.30. The van der Waals surface area contributed by atoms with Gasteiger partial charge in [0.25, 0.3) is 5.91 Å². The summed E-state index contributed by atoms with van der Waals surface area (Å²) in [5, 5.41) is 3.72. The van der Waals surface area contributed by atoms with Crippen molar-refractivity contribution in [2.24, 2.45) is 0 Å². The number of aryl methyl sites for hydroxylation is 2. The molecule has 26 heavy (non-hydrogen) atoms. The van der Waals surface area contributed by atoms with Crippen LogP contribution in [0.5, 0.6) is 5.75 Å². The molecule has 1 aliphatic rings. The van der Waals surface area contributed by atoms with Crippen molar-refractivity contribution in [1.29, 1.82) is 0 Å². The van der Waals surface area contributed by atoms with E-state index in [1.54, 1.807) is 25.1 Å². The van der Waals surface area contributed by atoms with Gasteiger partial charge in [-0.1, -0.05) is 42.8 Å². The van der Waals surface area contributed by atoms with E-state index in [2.05, 4.69) is 30.4 Å². The Morgan fingerprint density at radius 1 is 1.15 bits per heavy atom. The second-order valence-corrected chi connectivity index (χ2v) is 7.36. The SMILES string of the molecule is CCC(NC(=O)C(C)Oc1cccc(Cl)c1)c1ccc2c(c1)CCCC2. The Kier molecular flexibility index (Phi) is 6.20. The molecular formula is C22H26ClNO2. The van der Waals surface area contributed by atoms with Gasteiger partial charge in [0.15, 0.2) is 6.10 Å². The highest BCUT2D eigenvalue weighted by Crippen LogP contribution is 2.26. The van der Waals surface area contributed by atoms with E-state index < -0.39 is 6.10 Å². The lowest BCUT2D eigenvalue weighted by Gasteiger charge is -2.23. The van der Waals surface area contributed by atoms with Gasteiger partial charge in [-0.15, -0.1) is 0 Å². The van der Waals surface area contributed by atoms with Gasteiger partial charge in [-0.05, 0) is 73.9 Å². The average Bonchev–Trinajstić information content (AvgIpc) is 2.65. The van der Waals surface area contributed by atoms with Crippen LogP contribution in [0.25, 0.3) is 0 Å². The summed E-state index contributed by atoms with van der Waals surface area (Å²) in [6.07, 6.45) is 5.10. The third-order valence-electron chi connectivity index (χ3n) is 4.98. The average molecular weight is 372 g/mol. The van der Waals surface area contributed by atoms with Crippen molar-refractivity contribution in [2.45, 2.75) is 58.1 Å². The van der Waals surface area contributed by atoms with Crippen LogP contribution in [0.4, 0.5) is 0 Å². The van der Waals surface area contributed by atoms with Crippen LogP contribution in [0.3, 0.4) is 0 Å². The number of fused-ring (bicyclic) bond motifs is 1. The number of amides is 1. The molecule has 0 saturated heterocycles. The number of carbonyl (C=O) groups excluding carboxylic acids is 1. The van der Waals surface area contributed by atoms with Crippen molar-refractivity contribution in [2.75, 3.05) is 0 Å². The molecule has 1 amide bonds. The van der Waals surface area contributed by atoms with Gasteiger partial charge >= 0.3 is 0 Å². The first-order valence-corrected chi connectivity index (χ1v) is 9.79. The van der Waals surface area contributed by atoms with Crippen LogP contribution in [0, 0.1) is 0 Å². The second-order valence-electron chi connectivity index (χ2n) is 6.92. The number of carbonyl (C=O) groups is 1. The van der Waals surface area contributed by atoms with Gasteiger partial charge in [-0.3, -0.25) is 4.79 Å². The lowest BCUT2D eigenvalue weighted by molar-refractivity contribution is -0.128. The van der Waals surface area contributed by atoms with Crippen LogP contribution in [0.15, 0.2) is 42.5 Å². The zero-order valence-corrected chi connectivity index (χ0v) is 16.2. The minimum absolute atomic E-state index is 0.000128. The topological polar surface area (TPSA) is 38.3 Å². The van der Waals surface area contributed by atoms with Crippen LogP contribution < -0.4 is 10.1 Å². The Hall–Kier alpha value is -2.00. The third kappa shape index (κ3) is 4.59. The maximum atomic E-state index is 12.6. The van der Waals surface area contributed by atoms with Crippen molar-refractivity contribution < 1.29 is 9.53 Å². The molecule has 4 heteroatoms. The maximum absolute atomic E-state index is 12.6. The third-order valence-corrected chi connectivity index (χ3v) is 5.21. The zero-order chi connectivity index (χ0) is 18.5. The fraction of sp³-hybridized carbons (Fsp3) is 0.409. The Balaban J connectivity index is 1.66. The first-order valence-electron chi connectivity index (χ1n) is 9.41. The van der Waals surface area contributed by atoms with Crippen LogP contribution in [-0.2, 0) is 17.6 Å². The van der Waals surface area contributed by atoms with Gasteiger partial charge in [0.1, 0.15) is 5.75 Å². The van der Waals surface area contributed by atoms with Crippen LogP contribution >= 0.6 is 11.6 Å². The molecule has 2 unspecified atom stereocenters. The molecule has 0 heterocycles. The normalized spacial score (nSPS) is 15.7. The molecule has 0 spiro atoms. The Bertz CT molecular complexity index is 774. The molecule has 0 aromatic heterocycles. The van der Waals surface area contributed by atoms with E-state index in [1.807, 2.05) is 6.07 Å². The molecule has 0 aliphatic heterocycles. The molecule has 1 aliphatic carbocycles. The molecule has 0 radical (unpaired) electrons. The van der Waals surface area contributed by atoms with Crippen molar-refractivity contribution in [3.8, 4) is 5.75 Å². The number of nitrogens with one attached hydrogen (secondary N) is 1. The molecule has 0 fully saturated rings. The number of rotatable bonds is 6. The van der Waals surface area contributed by atoms with Crippen molar-refractivity contribution in [3.05, 3.63) is 64.2 Å². The monoisotopic (exact) mass is 371 g/mol. The van der Waals surface area contributed by atoms with Crippen LogP contribution in [-0.4, -0.2) is 12.0 Å². The zero-order valence-electron chi connectivity index (χ0n) is 15.4. The maximum Gasteiger partial charge on any atom is 0.261 e. The number of halogens is 1. The highest BCUT2D eigenvalue weighted by atomic mass is 35.5. The lowest BCUT2D eigenvalue weighted by Crippen LogP contribution is -2.38. The van der Waals surface area contributed by atoms with E-state index in [9.17, 15) is 4.79 Å². The summed E-state index contributed by atoms with van der Waals surface area (Å²) in [6, 6.07) is 13.8. The molecule has 2 atom stereocenters. The summed E-state index contributed by atoms with van der Waals surface area (Å²) in [5.74, 6) is 0.483. The summed E-state index contributed by atoms with van der Waals surface area (Å²) in [7, 11) is 0. The summed E-state index contributed by atoms with van der Waals surface area (Å²) in [4.78, 5) is 12.6. The van der Waals surface area contributed by atoms with Gasteiger partial charge in [-0.25, -0.2) is 0 Å². The quantitative estimate of drug-likeness (QED) is 0.752. The predicted molar refractivity (Wildman–Crippen MR) is 106 cm³/mol. The number of ether oxygens (including phenoxy) is 1. The van der Waals surface area contributed by atoms with E-state index in [1.165, 1.54) is 36.0 Å². The van der Waals surface area contributed by atoms with E-state index in [4.69, 9.17) is 16.3 Å². The van der Waals surface area contributed by atoms with E-state index >= 15 is 0 Å². The predicted octanol–water partition coefficient (Wildman–Crippen LogP) is 5.25. The summed E-state index contributed by atoms with van der Waals surface area (Å²) < 4.78 is 5.73. The second kappa shape index (κ2) is 8.59. The van der Waals surface area contributed by atoms with Gasteiger partial charge in [0, 0.05) is 5.02 Å². The molecule has 138 valence electrons. The Labute approximate surface area is 160 Å². The number of benzene rings is 2. The molecule has 3 rings (SSSR count). The fourth-order valence-electron chi connectivity index (χ4n) is 3.48. The molecular weight excluding hydrogens is 346 g/mol. The van der Waals surface area contributed by atoms with Crippen LogP contribution in [0.2, 0.25) is 5.02 Å². The first kappa shape index (κ1) is 18.8. The molecule has 0 saturated carbocycles. The van der Waals surface area contributed by atoms with E-state index in [0.29, 0.717) is 10.8 Å². The van der Waals surface area contributed by atoms with Gasteiger partial charge in [-0.2, -0.15) is 0 Å². The van der Waals surface area contributed by atoms with E-state index in [-0.39, 0.29) is 11.9 Å². The van der Waals surface area contributed by atoms with Crippen molar-refractivity contribution in [1.82, 2.24) is 5.32 Å². The molecule has 2 aromatic rings. The smallest absolute Gasteiger partial charge is 0.261 e. The summed E-state index contributed by atoms with van der Waals surface area (Å²) in [6.45, 7) is 3.85. The Morgan fingerprint density at radius 3 is 2.65 bits per heavy atom. The molecule has 1 N–H and O–H groups in total. The minimum atomic E-state index is -0.583. The first-order chi connectivity index (χ1) is 12.6. The minimum Gasteiger partial charge on any atom is -0.481 e. The van der Waals surface area contributed by atoms with Crippen molar-refractivity contribution in [3.63, 3.8) is 0 Å². The summed E-state index contributed by atoms with van der Waals surface area (Å²) in [5.41, 5.74) is 4.07. The van der Waals surface area contributed by atoms with Gasteiger partial charge in [0.2, 0.25) is 0 Å². The van der Waals surface area contributed by atoms with Gasteiger partial charge < -0.3 is 10.1 Å². The Morgan fingerprint density at radius 2 is 1.92 bits per heavy atom. The molecule has 3 nitrogen and oxygen atoms in total. The standard InChI is InChI=1S/C22H26ClNO2/c1-3-21(18-12-11-16-7-4-5-8-17(16)13-18)24-22(25)15(2)26-20-10-6-9-19(23)14-20/h6,9-15,21H,3-5,7-8H2,1-2H3,(H,24,25). The molecule has 0 bridgehead atoms. The van der Waals surface area contributed by atoms with Crippen LogP contribution in [0.1, 0.15) is 55.8 Å². The molecule has 2 aromatic carbocycles. The number of hydrogen-bond donors (Lipinski definition) is 1. The number of hydrogen-bond acceptors (Lipinski definition) is 2.